The van der Waals surface area contributed by atoms with E-state index in [2.05, 4.69) is 5.48 Å². The molecule has 0 heterocycles. The second-order valence-corrected chi connectivity index (χ2v) is 7.43. The van der Waals surface area contributed by atoms with Crippen molar-refractivity contribution < 1.29 is 19.3 Å². The molecule has 7 nitrogen and oxygen atoms in total. The van der Waals surface area contributed by atoms with Crippen LogP contribution in [0.5, 0.6) is 5.75 Å². The molecule has 2 aromatic carbocycles. The van der Waals surface area contributed by atoms with Crippen molar-refractivity contribution in [3.05, 3.63) is 70.3 Å². The van der Waals surface area contributed by atoms with Crippen LogP contribution in [-0.4, -0.2) is 24.0 Å². The number of nitro groups is 1. The molecule has 0 unspecified atom stereocenters. The quantitative estimate of drug-likeness (QED) is 0.220. The molecule has 0 bridgehead atoms. The zero-order valence-corrected chi connectivity index (χ0v) is 18.0. The first-order valence-electron chi connectivity index (χ1n) is 11.0. The molecule has 31 heavy (non-hydrogen) atoms. The minimum Gasteiger partial charge on any atom is -0.494 e. The molecule has 0 saturated heterocycles. The van der Waals surface area contributed by atoms with Crippen molar-refractivity contribution in [3.63, 3.8) is 0 Å². The number of hydrogen-bond acceptors (Lipinski definition) is 5. The predicted octanol–water partition coefficient (Wildman–Crippen LogP) is 5.38. The number of rotatable bonds is 16. The van der Waals surface area contributed by atoms with Crippen molar-refractivity contribution in [2.75, 3.05) is 13.2 Å². The second kappa shape index (κ2) is 15.0. The number of hydrogen-bond donors (Lipinski definition) is 1. The van der Waals surface area contributed by atoms with Gasteiger partial charge in [-0.15, -0.1) is 0 Å². The normalized spacial score (nSPS) is 10.6. The van der Waals surface area contributed by atoms with Crippen molar-refractivity contribution in [2.24, 2.45) is 0 Å². The smallest absolute Gasteiger partial charge is 0.269 e. The van der Waals surface area contributed by atoms with Gasteiger partial charge in [-0.05, 0) is 37.0 Å². The fraction of sp³-hybridized carbons (Fsp3) is 0.458. The van der Waals surface area contributed by atoms with Crippen molar-refractivity contribution in [3.8, 4) is 5.75 Å². The first kappa shape index (κ1) is 24.3. The maximum atomic E-state index is 11.7. The van der Waals surface area contributed by atoms with Gasteiger partial charge < -0.3 is 4.74 Å². The first-order chi connectivity index (χ1) is 15.1. The molecule has 1 amide bonds. The van der Waals surface area contributed by atoms with Crippen LogP contribution in [0.4, 0.5) is 5.69 Å². The number of ether oxygens (including phenoxy) is 1. The summed E-state index contributed by atoms with van der Waals surface area (Å²) >= 11 is 0. The Balaban J connectivity index is 1.36. The van der Waals surface area contributed by atoms with Crippen molar-refractivity contribution >= 4 is 11.6 Å². The van der Waals surface area contributed by atoms with Crippen LogP contribution in [0, 0.1) is 10.1 Å². The van der Waals surface area contributed by atoms with Crippen molar-refractivity contribution in [1.82, 2.24) is 5.48 Å². The molecular weight excluding hydrogens is 396 g/mol. The van der Waals surface area contributed by atoms with E-state index in [4.69, 9.17) is 9.57 Å². The third-order valence-electron chi connectivity index (χ3n) is 4.89. The van der Waals surface area contributed by atoms with Crippen LogP contribution in [0.25, 0.3) is 0 Å². The Morgan fingerprint density at radius 2 is 1.48 bits per heavy atom. The van der Waals surface area contributed by atoms with Gasteiger partial charge in [-0.1, -0.05) is 62.4 Å². The maximum absolute atomic E-state index is 11.7. The molecular formula is C24H32N2O5. The van der Waals surface area contributed by atoms with Gasteiger partial charge in [0, 0.05) is 18.6 Å². The largest absolute Gasteiger partial charge is 0.494 e. The summed E-state index contributed by atoms with van der Waals surface area (Å²) in [5, 5.41) is 10.6. The molecule has 2 aromatic rings. The highest BCUT2D eigenvalue weighted by Gasteiger charge is 2.04. The third kappa shape index (κ3) is 11.1. The molecule has 1 N–H and O–H groups in total. The fourth-order valence-electron chi connectivity index (χ4n) is 3.12. The minimum atomic E-state index is -0.419. The molecule has 0 aromatic heterocycles. The first-order valence-corrected chi connectivity index (χ1v) is 11.0. The van der Waals surface area contributed by atoms with Gasteiger partial charge in [0.25, 0.3) is 5.69 Å². The molecule has 0 aliphatic rings. The van der Waals surface area contributed by atoms with Crippen molar-refractivity contribution in [1.29, 1.82) is 0 Å². The highest BCUT2D eigenvalue weighted by Crippen LogP contribution is 2.17. The van der Waals surface area contributed by atoms with E-state index in [9.17, 15) is 14.9 Å². The molecule has 0 aliphatic carbocycles. The van der Waals surface area contributed by atoms with Gasteiger partial charge in [0.1, 0.15) is 5.75 Å². The zero-order chi connectivity index (χ0) is 22.2. The van der Waals surface area contributed by atoms with Crippen LogP contribution in [-0.2, 0) is 16.1 Å². The summed E-state index contributed by atoms with van der Waals surface area (Å²) in [5.74, 6) is 0.601. The SMILES string of the molecule is O=C(CCCCCCCCCOc1ccc([N+](=O)[O-])cc1)NOCCc1ccccc1. The monoisotopic (exact) mass is 428 g/mol. The number of carbonyl (C=O) groups excluding carboxylic acids is 1. The molecule has 0 saturated carbocycles. The summed E-state index contributed by atoms with van der Waals surface area (Å²) in [6.07, 6.45) is 8.63. The Labute approximate surface area is 183 Å². The molecule has 0 fully saturated rings. The van der Waals surface area contributed by atoms with Gasteiger partial charge in [-0.25, -0.2) is 5.48 Å². The van der Waals surface area contributed by atoms with Gasteiger partial charge in [0.2, 0.25) is 5.91 Å². The lowest BCUT2D eigenvalue weighted by molar-refractivity contribution is -0.384. The molecule has 0 radical (unpaired) electrons. The second-order valence-electron chi connectivity index (χ2n) is 7.43. The van der Waals surface area contributed by atoms with E-state index in [-0.39, 0.29) is 11.6 Å². The van der Waals surface area contributed by atoms with Crippen LogP contribution in [0.3, 0.4) is 0 Å². The topological polar surface area (TPSA) is 90.7 Å². The van der Waals surface area contributed by atoms with Crippen LogP contribution in [0.1, 0.15) is 56.9 Å². The number of carbonyl (C=O) groups is 1. The Morgan fingerprint density at radius 3 is 2.16 bits per heavy atom. The highest BCUT2D eigenvalue weighted by atomic mass is 16.6. The van der Waals surface area contributed by atoms with E-state index in [0.29, 0.717) is 25.4 Å². The number of benzene rings is 2. The van der Waals surface area contributed by atoms with Crippen LogP contribution in [0.15, 0.2) is 54.6 Å². The van der Waals surface area contributed by atoms with Gasteiger partial charge in [-0.3, -0.25) is 19.7 Å². The lowest BCUT2D eigenvalue weighted by Crippen LogP contribution is -2.24. The Hall–Kier alpha value is -2.93. The fourth-order valence-corrected chi connectivity index (χ4v) is 3.12. The van der Waals surface area contributed by atoms with Crippen LogP contribution in [0.2, 0.25) is 0 Å². The summed E-state index contributed by atoms with van der Waals surface area (Å²) in [7, 11) is 0. The minimum absolute atomic E-state index is 0.0588. The van der Waals surface area contributed by atoms with E-state index in [1.807, 2.05) is 30.3 Å². The number of non-ortho nitro benzene ring substituents is 1. The number of hydroxylamine groups is 1. The Kier molecular flexibility index (Phi) is 11.7. The van der Waals surface area contributed by atoms with Gasteiger partial charge in [-0.2, -0.15) is 0 Å². The molecule has 0 aliphatic heterocycles. The molecule has 2 rings (SSSR count). The van der Waals surface area contributed by atoms with Crippen LogP contribution >= 0.6 is 0 Å². The summed E-state index contributed by atoms with van der Waals surface area (Å²) in [6, 6.07) is 16.2. The number of amides is 1. The van der Waals surface area contributed by atoms with E-state index in [1.165, 1.54) is 17.7 Å². The van der Waals surface area contributed by atoms with E-state index >= 15 is 0 Å². The van der Waals surface area contributed by atoms with Crippen LogP contribution < -0.4 is 10.2 Å². The summed E-state index contributed by atoms with van der Waals surface area (Å²) in [5.41, 5.74) is 3.77. The van der Waals surface area contributed by atoms with Crippen molar-refractivity contribution in [2.45, 2.75) is 57.8 Å². The maximum Gasteiger partial charge on any atom is 0.269 e. The number of unbranched alkanes of at least 4 members (excludes halogenated alkanes) is 6. The third-order valence-corrected chi connectivity index (χ3v) is 4.89. The summed E-state index contributed by atoms with van der Waals surface area (Å²) < 4.78 is 5.60. The van der Waals surface area contributed by atoms with Gasteiger partial charge in [0.15, 0.2) is 0 Å². The zero-order valence-electron chi connectivity index (χ0n) is 18.0. The molecule has 7 heteroatoms. The predicted molar refractivity (Wildman–Crippen MR) is 120 cm³/mol. The van der Waals surface area contributed by atoms with E-state index in [1.54, 1.807) is 12.1 Å². The number of nitrogens with zero attached hydrogens (tertiary/aromatic N) is 1. The van der Waals surface area contributed by atoms with Gasteiger partial charge >= 0.3 is 0 Å². The Bertz CT molecular complexity index is 765. The lowest BCUT2D eigenvalue weighted by Gasteiger charge is -2.07. The number of nitrogens with one attached hydrogen (secondary N) is 1. The average molecular weight is 429 g/mol. The highest BCUT2D eigenvalue weighted by molar-refractivity contribution is 5.74. The van der Waals surface area contributed by atoms with E-state index in [0.717, 1.165) is 51.4 Å². The summed E-state index contributed by atoms with van der Waals surface area (Å²) in [4.78, 5) is 27.2. The van der Waals surface area contributed by atoms with E-state index < -0.39 is 4.92 Å². The average Bonchev–Trinajstić information content (AvgIpc) is 2.79. The molecule has 0 atom stereocenters. The Morgan fingerprint density at radius 1 is 0.839 bits per heavy atom. The molecule has 0 spiro atoms. The van der Waals surface area contributed by atoms with Gasteiger partial charge in [0.05, 0.1) is 18.1 Å². The number of nitro benzene ring substituents is 1. The standard InChI is InChI=1S/C24H32N2O5/c27-24(25-31-20-18-21-11-7-6-8-12-21)13-9-4-2-1-3-5-10-19-30-23-16-14-22(15-17-23)26(28)29/h6-8,11-12,14-17H,1-5,9-10,13,18-20H2,(H,25,27). The molecule has 168 valence electrons. The lowest BCUT2D eigenvalue weighted by atomic mass is 10.1. The summed E-state index contributed by atoms with van der Waals surface area (Å²) in [6.45, 7) is 1.09.